The molecular formula is C22H21F7N2O5. The molecule has 1 aliphatic heterocycles. The molecule has 0 aliphatic carbocycles. The van der Waals surface area contributed by atoms with Gasteiger partial charge in [-0.25, -0.2) is 4.39 Å². The molecule has 0 unspecified atom stereocenters. The molecule has 1 saturated heterocycles. The largest absolute Gasteiger partial charge is 0.431 e. The molecule has 1 fully saturated rings. The van der Waals surface area contributed by atoms with Crippen LogP contribution < -0.4 is 10.1 Å². The van der Waals surface area contributed by atoms with Crippen molar-refractivity contribution >= 4 is 11.6 Å². The lowest BCUT2D eigenvalue weighted by atomic mass is 9.77. The summed E-state index contributed by atoms with van der Waals surface area (Å²) in [6.07, 6.45) is -7.33. The summed E-state index contributed by atoms with van der Waals surface area (Å²) in [5.74, 6) is -9.33. The van der Waals surface area contributed by atoms with Gasteiger partial charge >= 0.3 is 12.8 Å². The number of pyridine rings is 1. The first-order valence-electron chi connectivity index (χ1n) is 10.4. The average molecular weight is 526 g/mol. The van der Waals surface area contributed by atoms with E-state index in [0.29, 0.717) is 13.0 Å². The number of carbonyl (C=O) groups is 1. The van der Waals surface area contributed by atoms with Gasteiger partial charge in [-0.1, -0.05) is 13.0 Å². The van der Waals surface area contributed by atoms with E-state index >= 15 is 0 Å². The van der Waals surface area contributed by atoms with Gasteiger partial charge in [-0.15, -0.1) is 0 Å². The fourth-order valence-electron chi connectivity index (χ4n) is 4.06. The van der Waals surface area contributed by atoms with E-state index in [1.165, 1.54) is 6.07 Å². The highest BCUT2D eigenvalue weighted by Gasteiger charge is 2.66. The van der Waals surface area contributed by atoms with Gasteiger partial charge in [0.05, 0.1) is 12.3 Å². The summed E-state index contributed by atoms with van der Waals surface area (Å²) in [6, 6.07) is 3.63. The number of halogens is 7. The van der Waals surface area contributed by atoms with Crippen LogP contribution in [0.25, 0.3) is 0 Å². The summed E-state index contributed by atoms with van der Waals surface area (Å²) >= 11 is 0. The minimum Gasteiger partial charge on any atom is -0.431 e. The van der Waals surface area contributed by atoms with Crippen LogP contribution in [-0.4, -0.2) is 52.2 Å². The molecule has 1 aromatic heterocycles. The van der Waals surface area contributed by atoms with Crippen LogP contribution in [-0.2, 0) is 9.53 Å². The molecule has 5 atom stereocenters. The standard InChI is InChI=1S/C22H21F7N2O5/c1-9-15(11-3-4-12(23)16(24)17(11)35-20(25)26)18(36-21(9,2)22(27,28)29)19(34)31-10-5-6-30-13(7-10)14(33)8-32/h3-7,9,14-15,18,20,32-33H,8H2,1-2H3,(H,30,31,34)/t9-,14-,15-,18+,21+/m1/s1. The van der Waals surface area contributed by atoms with Crippen LogP contribution in [0.1, 0.15) is 37.1 Å². The number of alkyl halides is 5. The van der Waals surface area contributed by atoms with Crippen LogP contribution in [0.3, 0.4) is 0 Å². The second-order valence-corrected chi connectivity index (χ2v) is 8.27. The smallest absolute Gasteiger partial charge is 0.417 e. The Hall–Kier alpha value is -2.97. The van der Waals surface area contributed by atoms with Crippen molar-refractivity contribution < 1.29 is 55.2 Å². The van der Waals surface area contributed by atoms with Gasteiger partial charge in [-0.2, -0.15) is 26.3 Å². The first kappa shape index (κ1) is 27.6. The van der Waals surface area contributed by atoms with Crippen molar-refractivity contribution in [3.05, 3.63) is 53.4 Å². The third-order valence-corrected chi connectivity index (χ3v) is 6.14. The maximum Gasteiger partial charge on any atom is 0.417 e. The lowest BCUT2D eigenvalue weighted by Crippen LogP contribution is -2.47. The molecule has 1 aliphatic rings. The van der Waals surface area contributed by atoms with Gasteiger partial charge in [0.25, 0.3) is 5.91 Å². The number of nitrogens with zero attached hydrogens (tertiary/aromatic N) is 1. The number of hydrogen-bond acceptors (Lipinski definition) is 6. The number of hydrogen-bond donors (Lipinski definition) is 3. The Balaban J connectivity index is 2.08. The van der Waals surface area contributed by atoms with Crippen LogP contribution in [0.4, 0.5) is 36.4 Å². The maximum absolute atomic E-state index is 14.4. The Kier molecular flexibility index (Phi) is 7.81. The molecule has 0 spiro atoms. The lowest BCUT2D eigenvalue weighted by molar-refractivity contribution is -0.272. The Morgan fingerprint density at radius 3 is 2.53 bits per heavy atom. The van der Waals surface area contributed by atoms with Crippen molar-refractivity contribution in [3.63, 3.8) is 0 Å². The number of benzene rings is 1. The fraction of sp³-hybridized carbons (Fsp3) is 0.455. The summed E-state index contributed by atoms with van der Waals surface area (Å²) in [5, 5.41) is 21.1. The zero-order valence-corrected chi connectivity index (χ0v) is 18.7. The normalized spacial score (nSPS) is 25.2. The molecule has 2 aromatic rings. The number of ether oxygens (including phenoxy) is 2. The van der Waals surface area contributed by atoms with Gasteiger partial charge in [0, 0.05) is 29.3 Å². The van der Waals surface area contributed by atoms with E-state index in [1.807, 2.05) is 0 Å². The third-order valence-electron chi connectivity index (χ3n) is 6.14. The first-order valence-corrected chi connectivity index (χ1v) is 10.4. The highest BCUT2D eigenvalue weighted by atomic mass is 19.4. The third kappa shape index (κ3) is 5.11. The Morgan fingerprint density at radius 2 is 1.94 bits per heavy atom. The highest BCUT2D eigenvalue weighted by molar-refractivity contribution is 5.95. The average Bonchev–Trinajstić information content (AvgIpc) is 3.08. The molecule has 36 heavy (non-hydrogen) atoms. The molecule has 0 radical (unpaired) electrons. The fourth-order valence-corrected chi connectivity index (χ4v) is 4.06. The van der Waals surface area contributed by atoms with E-state index in [0.717, 1.165) is 25.3 Å². The summed E-state index contributed by atoms with van der Waals surface area (Å²) in [7, 11) is 0. The maximum atomic E-state index is 14.4. The molecule has 198 valence electrons. The second-order valence-electron chi connectivity index (χ2n) is 8.27. The van der Waals surface area contributed by atoms with Crippen LogP contribution in [0.2, 0.25) is 0 Å². The monoisotopic (exact) mass is 526 g/mol. The Labute approximate surface area is 199 Å². The van der Waals surface area contributed by atoms with E-state index < -0.39 is 77.9 Å². The number of aromatic nitrogens is 1. The van der Waals surface area contributed by atoms with E-state index in [4.69, 9.17) is 9.84 Å². The van der Waals surface area contributed by atoms with E-state index in [1.54, 1.807) is 0 Å². The highest BCUT2D eigenvalue weighted by Crippen LogP contribution is 2.55. The lowest BCUT2D eigenvalue weighted by Gasteiger charge is -2.32. The Bertz CT molecular complexity index is 1120. The van der Waals surface area contributed by atoms with E-state index in [2.05, 4.69) is 15.0 Å². The van der Waals surface area contributed by atoms with Gasteiger partial charge in [0.15, 0.2) is 17.2 Å². The molecule has 1 aromatic carbocycles. The van der Waals surface area contributed by atoms with Crippen LogP contribution >= 0.6 is 0 Å². The van der Waals surface area contributed by atoms with Gasteiger partial charge in [0.1, 0.15) is 12.2 Å². The summed E-state index contributed by atoms with van der Waals surface area (Å²) < 4.78 is 105. The molecule has 0 saturated carbocycles. The molecule has 2 heterocycles. The number of nitrogens with one attached hydrogen (secondary N) is 1. The number of carbonyl (C=O) groups excluding carboxylic acids is 1. The van der Waals surface area contributed by atoms with Crippen molar-refractivity contribution in [1.29, 1.82) is 0 Å². The van der Waals surface area contributed by atoms with Crippen molar-refractivity contribution in [3.8, 4) is 5.75 Å². The number of aliphatic hydroxyl groups is 2. The first-order chi connectivity index (χ1) is 16.7. The number of aliphatic hydroxyl groups excluding tert-OH is 2. The molecular weight excluding hydrogens is 505 g/mol. The zero-order valence-electron chi connectivity index (χ0n) is 18.7. The van der Waals surface area contributed by atoms with Gasteiger partial charge < -0.3 is 25.0 Å². The topological polar surface area (TPSA) is 101 Å². The van der Waals surface area contributed by atoms with Crippen molar-refractivity contribution in [2.75, 3.05) is 11.9 Å². The van der Waals surface area contributed by atoms with E-state index in [9.17, 15) is 40.6 Å². The summed E-state index contributed by atoms with van der Waals surface area (Å²) in [4.78, 5) is 16.9. The molecule has 3 N–H and O–H groups in total. The molecule has 1 amide bonds. The van der Waals surface area contributed by atoms with Crippen molar-refractivity contribution in [2.24, 2.45) is 5.92 Å². The predicted octanol–water partition coefficient (Wildman–Crippen LogP) is 4.07. The van der Waals surface area contributed by atoms with Crippen molar-refractivity contribution in [1.82, 2.24) is 4.98 Å². The predicted molar refractivity (Wildman–Crippen MR) is 109 cm³/mol. The van der Waals surface area contributed by atoms with Gasteiger partial charge in [-0.05, 0) is 25.1 Å². The second kappa shape index (κ2) is 10.2. The van der Waals surface area contributed by atoms with E-state index in [-0.39, 0.29) is 11.4 Å². The summed E-state index contributed by atoms with van der Waals surface area (Å²) in [5.41, 5.74) is -3.73. The SMILES string of the molecule is C[C@@H]1[C@H](c2ccc(F)c(F)c2OC(F)F)[C@@H](C(=O)Nc2ccnc([C@H](O)CO)c2)O[C@]1(C)C(F)(F)F. The molecule has 3 rings (SSSR count). The number of anilines is 1. The van der Waals surface area contributed by atoms with Gasteiger partial charge in [-0.3, -0.25) is 9.78 Å². The van der Waals surface area contributed by atoms with Crippen LogP contribution in [0.15, 0.2) is 30.5 Å². The van der Waals surface area contributed by atoms with Crippen LogP contribution in [0.5, 0.6) is 5.75 Å². The number of rotatable bonds is 7. The molecule has 0 bridgehead atoms. The quantitative estimate of drug-likeness (QED) is 0.471. The van der Waals surface area contributed by atoms with Gasteiger partial charge in [0.2, 0.25) is 5.82 Å². The minimum absolute atomic E-state index is 0.0533. The Morgan fingerprint density at radius 1 is 1.28 bits per heavy atom. The number of amides is 1. The van der Waals surface area contributed by atoms with Crippen molar-refractivity contribution in [2.45, 2.75) is 50.4 Å². The van der Waals surface area contributed by atoms with Crippen LogP contribution in [0, 0.1) is 17.6 Å². The summed E-state index contributed by atoms with van der Waals surface area (Å²) in [6.45, 7) is -2.68. The molecule has 14 heteroatoms. The minimum atomic E-state index is -5.04. The molecule has 7 nitrogen and oxygen atoms in total. The zero-order chi connectivity index (χ0) is 27.0.